The molecule has 1 aliphatic heterocycles. The number of hydrogen-bond acceptors (Lipinski definition) is 3. The van der Waals surface area contributed by atoms with Gasteiger partial charge in [0.15, 0.2) is 0 Å². The van der Waals surface area contributed by atoms with Crippen molar-refractivity contribution >= 4 is 22.6 Å². The normalized spacial score (nSPS) is 24.5. The summed E-state index contributed by atoms with van der Waals surface area (Å²) in [5.74, 6) is 0.982. The van der Waals surface area contributed by atoms with Gasteiger partial charge in [-0.25, -0.2) is 0 Å². The number of fused-ring (bicyclic) bond motifs is 1. The summed E-state index contributed by atoms with van der Waals surface area (Å²) in [6.07, 6.45) is 0.112. The first kappa shape index (κ1) is 10.2. The number of rotatable bonds is 2. The molecule has 14 heavy (non-hydrogen) atoms. The Morgan fingerprint density at radius 2 is 2.29 bits per heavy atom. The van der Waals surface area contributed by atoms with E-state index in [1.807, 2.05) is 19.1 Å². The zero-order valence-electron chi connectivity index (χ0n) is 8.08. The van der Waals surface area contributed by atoms with Gasteiger partial charge in [0.25, 0.3) is 0 Å². The number of ether oxygens (including phenoxy) is 1. The van der Waals surface area contributed by atoms with Crippen LogP contribution in [0.15, 0.2) is 18.2 Å². The van der Waals surface area contributed by atoms with Crippen molar-refractivity contribution in [1.82, 2.24) is 5.48 Å². The molecule has 3 nitrogen and oxygen atoms in total. The molecule has 1 aromatic rings. The molecule has 2 rings (SSSR count). The first-order valence-electron chi connectivity index (χ1n) is 4.47. The monoisotopic (exact) mass is 305 g/mol. The minimum atomic E-state index is 0.112. The fourth-order valence-electron chi connectivity index (χ4n) is 1.69. The summed E-state index contributed by atoms with van der Waals surface area (Å²) in [5.41, 5.74) is 4.12. The van der Waals surface area contributed by atoms with E-state index in [9.17, 15) is 0 Å². The zero-order chi connectivity index (χ0) is 10.1. The Balaban J connectivity index is 2.37. The van der Waals surface area contributed by atoms with Crippen LogP contribution < -0.4 is 10.2 Å². The van der Waals surface area contributed by atoms with Crippen molar-refractivity contribution < 1.29 is 9.57 Å². The third-order valence-electron chi connectivity index (χ3n) is 2.35. The SMILES string of the molecule is CONC1c2cccc(I)c2OC1C. The molecule has 0 saturated carbocycles. The lowest BCUT2D eigenvalue weighted by Gasteiger charge is -2.14. The van der Waals surface area contributed by atoms with Crippen LogP contribution >= 0.6 is 22.6 Å². The molecule has 1 aliphatic rings. The van der Waals surface area contributed by atoms with Crippen LogP contribution in [0.4, 0.5) is 0 Å². The van der Waals surface area contributed by atoms with Crippen LogP contribution in [0.25, 0.3) is 0 Å². The van der Waals surface area contributed by atoms with E-state index in [2.05, 4.69) is 34.1 Å². The summed E-state index contributed by atoms with van der Waals surface area (Å²) >= 11 is 2.28. The van der Waals surface area contributed by atoms with Gasteiger partial charge >= 0.3 is 0 Å². The summed E-state index contributed by atoms with van der Waals surface area (Å²) < 4.78 is 6.90. The van der Waals surface area contributed by atoms with Gasteiger partial charge < -0.3 is 9.57 Å². The van der Waals surface area contributed by atoms with Crippen LogP contribution in [0.2, 0.25) is 0 Å². The summed E-state index contributed by atoms with van der Waals surface area (Å²) in [6.45, 7) is 2.03. The molecule has 0 spiro atoms. The fraction of sp³-hybridized carbons (Fsp3) is 0.400. The number of nitrogens with one attached hydrogen (secondary N) is 1. The van der Waals surface area contributed by atoms with Gasteiger partial charge in [-0.1, -0.05) is 12.1 Å². The van der Waals surface area contributed by atoms with Gasteiger partial charge in [-0.15, -0.1) is 0 Å². The van der Waals surface area contributed by atoms with E-state index >= 15 is 0 Å². The molecule has 4 heteroatoms. The Morgan fingerprint density at radius 3 is 3.00 bits per heavy atom. The largest absolute Gasteiger partial charge is 0.487 e. The molecule has 0 aliphatic carbocycles. The lowest BCUT2D eigenvalue weighted by Crippen LogP contribution is -2.27. The van der Waals surface area contributed by atoms with E-state index < -0.39 is 0 Å². The summed E-state index contributed by atoms with van der Waals surface area (Å²) in [6, 6.07) is 6.27. The number of para-hydroxylation sites is 1. The predicted octanol–water partition coefficient (Wildman–Crippen LogP) is 2.26. The fourth-order valence-corrected chi connectivity index (χ4v) is 2.33. The average molecular weight is 305 g/mol. The van der Waals surface area contributed by atoms with Crippen molar-refractivity contribution in [3.05, 3.63) is 27.3 Å². The Bertz CT molecular complexity index is 343. The maximum absolute atomic E-state index is 5.75. The summed E-state index contributed by atoms with van der Waals surface area (Å²) in [7, 11) is 1.62. The molecule has 1 N–H and O–H groups in total. The Morgan fingerprint density at radius 1 is 1.50 bits per heavy atom. The average Bonchev–Trinajstić information content (AvgIpc) is 2.47. The van der Waals surface area contributed by atoms with Gasteiger partial charge in [-0.3, -0.25) is 0 Å². The molecular formula is C10H12INO2. The van der Waals surface area contributed by atoms with E-state index in [-0.39, 0.29) is 12.1 Å². The van der Waals surface area contributed by atoms with Gasteiger partial charge in [-0.05, 0) is 35.6 Å². The maximum Gasteiger partial charge on any atom is 0.138 e. The molecule has 2 unspecified atom stereocenters. The van der Waals surface area contributed by atoms with Gasteiger partial charge in [0, 0.05) is 5.56 Å². The molecular weight excluding hydrogens is 293 g/mol. The smallest absolute Gasteiger partial charge is 0.138 e. The number of hydroxylamine groups is 1. The van der Waals surface area contributed by atoms with Crippen LogP contribution in [0, 0.1) is 3.57 Å². The highest BCUT2D eigenvalue weighted by Crippen LogP contribution is 2.39. The van der Waals surface area contributed by atoms with Gasteiger partial charge in [0.2, 0.25) is 0 Å². The molecule has 0 fully saturated rings. The summed E-state index contributed by atoms with van der Waals surface area (Å²) in [4.78, 5) is 4.96. The second-order valence-corrected chi connectivity index (χ2v) is 4.44. The second-order valence-electron chi connectivity index (χ2n) is 3.28. The number of halogens is 1. The number of benzene rings is 1. The highest BCUT2D eigenvalue weighted by Gasteiger charge is 2.32. The molecule has 76 valence electrons. The molecule has 0 saturated heterocycles. The quantitative estimate of drug-likeness (QED) is 0.671. The first-order chi connectivity index (χ1) is 6.74. The van der Waals surface area contributed by atoms with Crippen LogP contribution in [0.1, 0.15) is 18.5 Å². The van der Waals surface area contributed by atoms with Crippen molar-refractivity contribution in [2.75, 3.05) is 7.11 Å². The Kier molecular flexibility index (Phi) is 2.94. The number of hydrogen-bond donors (Lipinski definition) is 1. The van der Waals surface area contributed by atoms with Crippen molar-refractivity contribution in [3.63, 3.8) is 0 Å². The lowest BCUT2D eigenvalue weighted by molar-refractivity contribution is 0.0338. The Hall–Kier alpha value is -0.330. The van der Waals surface area contributed by atoms with Gasteiger partial charge in [-0.2, -0.15) is 5.48 Å². The standard InChI is InChI=1S/C10H12INO2/c1-6-9(12-13-2)7-4-3-5-8(11)10(7)14-6/h3-6,9,12H,1-2H3. The Labute approximate surface area is 96.9 Å². The molecule has 0 aromatic heterocycles. The molecule has 0 amide bonds. The van der Waals surface area contributed by atoms with E-state index in [0.29, 0.717) is 0 Å². The van der Waals surface area contributed by atoms with Gasteiger partial charge in [0.05, 0.1) is 16.7 Å². The van der Waals surface area contributed by atoms with Crippen LogP contribution in [0.5, 0.6) is 5.75 Å². The summed E-state index contributed by atoms with van der Waals surface area (Å²) in [5, 5.41) is 0. The second kappa shape index (κ2) is 4.04. The predicted molar refractivity (Wildman–Crippen MR) is 62.1 cm³/mol. The molecule has 2 atom stereocenters. The van der Waals surface area contributed by atoms with E-state index in [0.717, 1.165) is 9.32 Å². The zero-order valence-corrected chi connectivity index (χ0v) is 10.2. The van der Waals surface area contributed by atoms with E-state index in [1.165, 1.54) is 5.56 Å². The third-order valence-corrected chi connectivity index (χ3v) is 3.20. The molecule has 0 bridgehead atoms. The highest BCUT2D eigenvalue weighted by molar-refractivity contribution is 14.1. The van der Waals surface area contributed by atoms with Crippen molar-refractivity contribution in [2.24, 2.45) is 0 Å². The minimum absolute atomic E-state index is 0.112. The first-order valence-corrected chi connectivity index (χ1v) is 5.55. The van der Waals surface area contributed by atoms with E-state index in [4.69, 9.17) is 9.57 Å². The van der Waals surface area contributed by atoms with Crippen molar-refractivity contribution in [3.8, 4) is 5.75 Å². The van der Waals surface area contributed by atoms with Crippen LogP contribution in [-0.4, -0.2) is 13.2 Å². The van der Waals surface area contributed by atoms with Gasteiger partial charge in [0.1, 0.15) is 11.9 Å². The van der Waals surface area contributed by atoms with Crippen molar-refractivity contribution in [1.29, 1.82) is 0 Å². The van der Waals surface area contributed by atoms with Crippen LogP contribution in [0.3, 0.4) is 0 Å². The van der Waals surface area contributed by atoms with Crippen molar-refractivity contribution in [2.45, 2.75) is 19.1 Å². The lowest BCUT2D eigenvalue weighted by atomic mass is 10.1. The topological polar surface area (TPSA) is 30.5 Å². The molecule has 0 radical (unpaired) electrons. The third kappa shape index (κ3) is 1.62. The molecule has 1 heterocycles. The minimum Gasteiger partial charge on any atom is -0.487 e. The highest BCUT2D eigenvalue weighted by atomic mass is 127. The van der Waals surface area contributed by atoms with E-state index in [1.54, 1.807) is 7.11 Å². The maximum atomic E-state index is 5.75. The molecule has 1 aromatic carbocycles. The van der Waals surface area contributed by atoms with Crippen LogP contribution in [-0.2, 0) is 4.84 Å².